The number of hydrogen-bond donors (Lipinski definition) is 0. The molecule has 1 atom stereocenters. The Morgan fingerprint density at radius 1 is 1.08 bits per heavy atom. The second-order valence-electron chi connectivity index (χ2n) is 8.89. The number of morpholine rings is 1. The molecule has 36 heavy (non-hydrogen) atoms. The molecule has 8 heteroatoms. The topological polar surface area (TPSA) is 81.5 Å². The average Bonchev–Trinajstić information content (AvgIpc) is 3.19. The number of para-hydroxylation sites is 1. The lowest BCUT2D eigenvalue weighted by Gasteiger charge is -2.29. The molecule has 1 fully saturated rings. The van der Waals surface area contributed by atoms with Crippen molar-refractivity contribution < 1.29 is 23.4 Å². The van der Waals surface area contributed by atoms with E-state index in [1.807, 2.05) is 12.1 Å². The van der Waals surface area contributed by atoms with Crippen molar-refractivity contribution in [2.24, 2.45) is 0 Å². The van der Waals surface area contributed by atoms with Crippen LogP contribution in [-0.4, -0.2) is 68.8 Å². The predicted molar refractivity (Wildman–Crippen MR) is 136 cm³/mol. The molecule has 2 aromatic carbocycles. The van der Waals surface area contributed by atoms with E-state index >= 15 is 0 Å². The van der Waals surface area contributed by atoms with Crippen LogP contribution in [0.5, 0.6) is 11.5 Å². The van der Waals surface area contributed by atoms with Gasteiger partial charge in [-0.2, -0.15) is 0 Å². The van der Waals surface area contributed by atoms with Crippen molar-refractivity contribution in [1.29, 1.82) is 0 Å². The van der Waals surface area contributed by atoms with Gasteiger partial charge >= 0.3 is 0 Å². The summed E-state index contributed by atoms with van der Waals surface area (Å²) in [4.78, 5) is 31.3. The van der Waals surface area contributed by atoms with Gasteiger partial charge in [-0.1, -0.05) is 30.9 Å². The maximum absolute atomic E-state index is 13.7. The second kappa shape index (κ2) is 10.6. The molecule has 3 aromatic rings. The molecule has 0 saturated carbocycles. The third kappa shape index (κ3) is 4.50. The Morgan fingerprint density at radius 3 is 2.67 bits per heavy atom. The number of hydrogen-bond acceptors (Lipinski definition) is 7. The molecule has 1 amide bonds. The summed E-state index contributed by atoms with van der Waals surface area (Å²) in [7, 11) is 1.57. The number of amides is 1. The first-order valence-corrected chi connectivity index (χ1v) is 12.2. The van der Waals surface area contributed by atoms with Gasteiger partial charge in [-0.3, -0.25) is 14.5 Å². The number of fused-ring (bicyclic) bond motifs is 2. The molecule has 2 aliphatic heterocycles. The number of ether oxygens (including phenoxy) is 3. The highest BCUT2D eigenvalue weighted by molar-refractivity contribution is 5.99. The Balaban J connectivity index is 1.54. The molecular weight excluding hydrogens is 460 g/mol. The summed E-state index contributed by atoms with van der Waals surface area (Å²) in [6, 6.07) is 12.0. The third-order valence-corrected chi connectivity index (χ3v) is 6.71. The zero-order valence-corrected chi connectivity index (χ0v) is 20.4. The van der Waals surface area contributed by atoms with Crippen molar-refractivity contribution in [2.75, 3.05) is 53.1 Å². The maximum Gasteiger partial charge on any atom is 0.290 e. The lowest BCUT2D eigenvalue weighted by Crippen LogP contribution is -2.38. The van der Waals surface area contributed by atoms with E-state index in [1.54, 1.807) is 48.4 Å². The first-order valence-electron chi connectivity index (χ1n) is 12.2. The third-order valence-electron chi connectivity index (χ3n) is 6.71. The van der Waals surface area contributed by atoms with Gasteiger partial charge in [0.2, 0.25) is 5.76 Å². The van der Waals surface area contributed by atoms with E-state index in [2.05, 4.69) is 11.5 Å². The maximum atomic E-state index is 13.7. The van der Waals surface area contributed by atoms with Gasteiger partial charge in [0.05, 0.1) is 37.3 Å². The highest BCUT2D eigenvalue weighted by atomic mass is 16.5. The monoisotopic (exact) mass is 490 g/mol. The summed E-state index contributed by atoms with van der Waals surface area (Å²) in [6.07, 6.45) is 2.42. The van der Waals surface area contributed by atoms with Crippen molar-refractivity contribution in [2.45, 2.75) is 12.5 Å². The number of benzene rings is 2. The number of carbonyl (C=O) groups excluding carboxylic acids is 1. The van der Waals surface area contributed by atoms with Crippen LogP contribution < -0.4 is 14.9 Å². The summed E-state index contributed by atoms with van der Waals surface area (Å²) in [5.41, 5.74) is 1.35. The van der Waals surface area contributed by atoms with Gasteiger partial charge in [0.25, 0.3) is 5.91 Å². The van der Waals surface area contributed by atoms with Crippen LogP contribution in [0.1, 0.15) is 34.1 Å². The molecule has 0 radical (unpaired) electrons. The average molecular weight is 491 g/mol. The normalized spacial score (nSPS) is 17.9. The van der Waals surface area contributed by atoms with Crippen LogP contribution >= 0.6 is 0 Å². The van der Waals surface area contributed by atoms with Crippen LogP contribution in [0.2, 0.25) is 0 Å². The molecule has 0 aliphatic carbocycles. The molecule has 1 aromatic heterocycles. The lowest BCUT2D eigenvalue weighted by molar-refractivity contribution is 0.0353. The molecular formula is C28H30N2O6. The fourth-order valence-corrected chi connectivity index (χ4v) is 4.96. The van der Waals surface area contributed by atoms with Crippen LogP contribution in [0.4, 0.5) is 0 Å². The Kier molecular flexibility index (Phi) is 7.06. The van der Waals surface area contributed by atoms with Crippen LogP contribution in [0.25, 0.3) is 11.0 Å². The van der Waals surface area contributed by atoms with Crippen LogP contribution in [0.3, 0.4) is 0 Å². The van der Waals surface area contributed by atoms with Crippen LogP contribution in [-0.2, 0) is 4.74 Å². The van der Waals surface area contributed by atoms with Crippen molar-refractivity contribution in [3.05, 3.63) is 82.2 Å². The molecule has 3 heterocycles. The molecule has 0 N–H and O–H groups in total. The number of nitrogens with zero attached hydrogens (tertiary/aromatic N) is 2. The van der Waals surface area contributed by atoms with Crippen molar-refractivity contribution >= 4 is 16.9 Å². The Morgan fingerprint density at radius 2 is 1.89 bits per heavy atom. The fourth-order valence-electron chi connectivity index (χ4n) is 4.96. The van der Waals surface area contributed by atoms with E-state index in [4.69, 9.17) is 18.6 Å². The van der Waals surface area contributed by atoms with E-state index in [9.17, 15) is 9.59 Å². The van der Waals surface area contributed by atoms with Crippen LogP contribution in [0, 0.1) is 0 Å². The SMILES string of the molecule is C=CCOc1ccc([C@H]2c3c(oc4ccccc4c3=O)C(=O)N2CCCN2CCOCC2)cc1OC. The smallest absolute Gasteiger partial charge is 0.290 e. The van der Waals surface area contributed by atoms with Gasteiger partial charge in [0.1, 0.15) is 12.2 Å². The highest BCUT2D eigenvalue weighted by Gasteiger charge is 2.42. The zero-order chi connectivity index (χ0) is 25.1. The van der Waals surface area contributed by atoms with Crippen molar-refractivity contribution in [1.82, 2.24) is 9.80 Å². The zero-order valence-electron chi connectivity index (χ0n) is 20.4. The molecule has 5 rings (SSSR count). The van der Waals surface area contributed by atoms with Gasteiger partial charge in [0, 0.05) is 26.2 Å². The van der Waals surface area contributed by atoms with E-state index in [1.165, 1.54) is 0 Å². The number of methoxy groups -OCH3 is 1. The second-order valence-corrected chi connectivity index (χ2v) is 8.89. The Labute approximate surface area is 209 Å². The molecule has 188 valence electrons. The summed E-state index contributed by atoms with van der Waals surface area (Å²) >= 11 is 0. The standard InChI is InChI=1S/C28H30N2O6/c1-3-15-35-22-10-9-19(18-23(22)33-2)25-24-26(31)20-7-4-5-8-21(20)36-27(24)28(32)30(25)12-6-11-29-13-16-34-17-14-29/h3-5,7-10,18,25H,1,6,11-17H2,2H3/t25-/m0/s1. The van der Waals surface area contributed by atoms with Gasteiger partial charge < -0.3 is 23.5 Å². The minimum absolute atomic E-state index is 0.112. The van der Waals surface area contributed by atoms with E-state index in [0.717, 1.165) is 44.8 Å². The predicted octanol–water partition coefficient (Wildman–Crippen LogP) is 3.63. The van der Waals surface area contributed by atoms with Gasteiger partial charge in [0.15, 0.2) is 16.9 Å². The van der Waals surface area contributed by atoms with E-state index < -0.39 is 6.04 Å². The fraction of sp³-hybridized carbons (Fsp3) is 0.357. The quantitative estimate of drug-likeness (QED) is 0.424. The molecule has 0 spiro atoms. The number of carbonyl (C=O) groups is 1. The summed E-state index contributed by atoms with van der Waals surface area (Å²) in [5.74, 6) is 0.926. The highest BCUT2D eigenvalue weighted by Crippen LogP contribution is 2.41. The largest absolute Gasteiger partial charge is 0.493 e. The summed E-state index contributed by atoms with van der Waals surface area (Å²) < 4.78 is 22.7. The van der Waals surface area contributed by atoms with Gasteiger partial charge in [-0.15, -0.1) is 0 Å². The first-order chi connectivity index (χ1) is 17.6. The first kappa shape index (κ1) is 24.1. The lowest BCUT2D eigenvalue weighted by atomic mass is 9.98. The summed E-state index contributed by atoms with van der Waals surface area (Å²) in [6.45, 7) is 8.56. The molecule has 0 unspecified atom stereocenters. The minimum atomic E-state index is -0.583. The molecule has 1 saturated heterocycles. The molecule has 8 nitrogen and oxygen atoms in total. The van der Waals surface area contributed by atoms with Crippen LogP contribution in [0.15, 0.2) is 64.3 Å². The van der Waals surface area contributed by atoms with E-state index in [-0.39, 0.29) is 17.1 Å². The summed E-state index contributed by atoms with van der Waals surface area (Å²) in [5, 5.41) is 0.460. The van der Waals surface area contributed by atoms with Gasteiger partial charge in [-0.05, 0) is 36.2 Å². The molecule has 2 aliphatic rings. The Hall–Kier alpha value is -3.62. The molecule has 0 bridgehead atoms. The van der Waals surface area contributed by atoms with E-state index in [0.29, 0.717) is 41.2 Å². The number of rotatable bonds is 9. The van der Waals surface area contributed by atoms with Crippen molar-refractivity contribution in [3.63, 3.8) is 0 Å². The minimum Gasteiger partial charge on any atom is -0.493 e. The van der Waals surface area contributed by atoms with Crippen molar-refractivity contribution in [3.8, 4) is 11.5 Å². The van der Waals surface area contributed by atoms with Gasteiger partial charge in [-0.25, -0.2) is 0 Å². The Bertz CT molecular complexity index is 1330.